The maximum absolute atomic E-state index is 15.0. The number of carbonyl (C=O) groups excluding carboxylic acids is 3. The molecule has 0 bridgehead atoms. The molecule has 0 spiro atoms. The molecule has 1 aliphatic carbocycles. The van der Waals surface area contributed by atoms with Crippen molar-refractivity contribution in [1.29, 1.82) is 0 Å². The van der Waals surface area contributed by atoms with Gasteiger partial charge in [0.2, 0.25) is 5.91 Å². The summed E-state index contributed by atoms with van der Waals surface area (Å²) >= 11 is 21.9. The number of anilines is 3. The summed E-state index contributed by atoms with van der Waals surface area (Å²) in [4.78, 5) is 38.0. The van der Waals surface area contributed by atoms with Crippen LogP contribution in [0.3, 0.4) is 0 Å². The van der Waals surface area contributed by atoms with E-state index < -0.39 is 75.2 Å². The number of hydrogen-bond donors (Lipinski definition) is 3. The van der Waals surface area contributed by atoms with Crippen LogP contribution in [0, 0.1) is 23.4 Å². The van der Waals surface area contributed by atoms with Crippen molar-refractivity contribution < 1.29 is 45.5 Å². The van der Waals surface area contributed by atoms with Crippen molar-refractivity contribution in [3.63, 3.8) is 0 Å². The molecule has 3 N–H and O–H groups in total. The van der Waals surface area contributed by atoms with Crippen molar-refractivity contribution in [3.8, 4) is 0 Å². The highest BCUT2D eigenvalue weighted by molar-refractivity contribution is 9.10. The van der Waals surface area contributed by atoms with Crippen LogP contribution in [-0.2, 0) is 14.3 Å². The van der Waals surface area contributed by atoms with Gasteiger partial charge in [0, 0.05) is 11.6 Å². The number of carbonyl (C=O) groups is 3. The molecule has 1 fully saturated rings. The third-order valence-electron chi connectivity index (χ3n) is 6.38. The van der Waals surface area contributed by atoms with Gasteiger partial charge in [0.15, 0.2) is 5.82 Å². The van der Waals surface area contributed by atoms with Crippen molar-refractivity contribution in [2.24, 2.45) is 5.92 Å². The molecule has 44 heavy (non-hydrogen) atoms. The molecule has 1 saturated carbocycles. The van der Waals surface area contributed by atoms with Gasteiger partial charge >= 0.3 is 6.36 Å². The number of hydrogen-bond acceptors (Lipinski definition) is 4. The van der Waals surface area contributed by atoms with E-state index in [0.29, 0.717) is 18.6 Å². The zero-order valence-corrected chi connectivity index (χ0v) is 25.6. The smallest absolute Gasteiger partial charge is 0.326 e. The first kappa shape index (κ1) is 33.8. The molecule has 4 rings (SSSR count). The van der Waals surface area contributed by atoms with E-state index in [1.165, 1.54) is 30.3 Å². The molecule has 0 radical (unpaired) electrons. The average Bonchev–Trinajstić information content (AvgIpc) is 3.51. The molecule has 1 unspecified atom stereocenters. The fourth-order valence-corrected chi connectivity index (χ4v) is 5.63. The second-order valence-electron chi connectivity index (χ2n) is 9.42. The number of benzene rings is 3. The summed E-state index contributed by atoms with van der Waals surface area (Å²) in [5, 5.41) is 6.20. The van der Waals surface area contributed by atoms with Crippen LogP contribution < -0.4 is 16.0 Å². The molecular weight excluding hydrogens is 731 g/mol. The van der Waals surface area contributed by atoms with Crippen LogP contribution in [0.1, 0.15) is 28.8 Å². The van der Waals surface area contributed by atoms with E-state index in [9.17, 15) is 36.3 Å². The van der Waals surface area contributed by atoms with Crippen LogP contribution in [0.2, 0.25) is 5.02 Å². The van der Waals surface area contributed by atoms with Crippen molar-refractivity contribution in [3.05, 3.63) is 86.6 Å². The number of ether oxygens (including phenoxy) is 1. The maximum Gasteiger partial charge on any atom is 0.523 e. The predicted molar refractivity (Wildman–Crippen MR) is 154 cm³/mol. The van der Waals surface area contributed by atoms with Gasteiger partial charge in [-0.15, -0.1) is 36.4 Å². The van der Waals surface area contributed by atoms with Crippen molar-refractivity contribution >= 4 is 85.5 Å². The molecule has 0 aromatic heterocycles. The van der Waals surface area contributed by atoms with Gasteiger partial charge in [-0.25, -0.2) is 13.2 Å². The summed E-state index contributed by atoms with van der Waals surface area (Å²) in [6.07, 6.45) is -7.34. The van der Waals surface area contributed by atoms with Gasteiger partial charge in [-0.2, -0.15) is 0 Å². The first-order valence-electron chi connectivity index (χ1n) is 12.2. The zero-order valence-electron chi connectivity index (χ0n) is 21.8. The lowest BCUT2D eigenvalue weighted by atomic mass is 10.1. The summed E-state index contributed by atoms with van der Waals surface area (Å²) in [5.41, 5.74) is -1.52. The van der Waals surface area contributed by atoms with Crippen LogP contribution in [0.15, 0.2) is 53.0 Å². The molecule has 3 amide bonds. The highest BCUT2D eigenvalue weighted by Gasteiger charge is 2.67. The third kappa shape index (κ3) is 7.42. The number of alkyl halides is 5. The van der Waals surface area contributed by atoms with Gasteiger partial charge in [-0.05, 0) is 70.9 Å². The molecule has 3 atom stereocenters. The lowest BCUT2D eigenvalue weighted by molar-refractivity contribution is -0.335. The predicted octanol–water partition coefficient (Wildman–Crippen LogP) is 8.16. The second-order valence-corrected chi connectivity index (χ2v) is 12.1. The summed E-state index contributed by atoms with van der Waals surface area (Å²) < 4.78 is 82.3. The highest BCUT2D eigenvalue weighted by atomic mass is 79.9. The van der Waals surface area contributed by atoms with Crippen LogP contribution >= 0.6 is 50.7 Å². The minimum Gasteiger partial charge on any atom is -0.326 e. The Morgan fingerprint density at radius 3 is 2.25 bits per heavy atom. The van der Waals surface area contributed by atoms with E-state index in [1.54, 1.807) is 5.32 Å². The number of amides is 3. The molecular formula is C27H17BrCl3F6N3O4. The first-order valence-corrected chi connectivity index (χ1v) is 14.1. The van der Waals surface area contributed by atoms with Crippen molar-refractivity contribution in [2.45, 2.75) is 29.6 Å². The van der Waals surface area contributed by atoms with Gasteiger partial charge in [-0.1, -0.05) is 17.7 Å². The average molecular weight is 748 g/mol. The Kier molecular flexibility index (Phi) is 9.81. The first-order chi connectivity index (χ1) is 20.4. The molecule has 0 aliphatic heterocycles. The van der Waals surface area contributed by atoms with Crippen LogP contribution in [0.25, 0.3) is 0 Å². The van der Waals surface area contributed by atoms with Gasteiger partial charge in [-0.3, -0.25) is 19.1 Å². The molecule has 7 nitrogen and oxygen atoms in total. The summed E-state index contributed by atoms with van der Waals surface area (Å²) in [6.45, 7) is 0.712. The summed E-state index contributed by atoms with van der Waals surface area (Å²) in [5.74, 6) is -8.22. The van der Waals surface area contributed by atoms with Crippen LogP contribution in [0.4, 0.5) is 43.4 Å². The Balaban J connectivity index is 1.49. The SMILES string of the molecule is CC(OC(F)(F)F)C(=O)Nc1c(F)ccc(NC(=O)c2cc(NC(=O)[C@H]3[C@H](c4ccc(F)c(Br)c4)C3(Cl)Cl)ccc2Cl)c1F. The van der Waals surface area contributed by atoms with E-state index >= 15 is 4.39 Å². The quantitative estimate of drug-likeness (QED) is 0.160. The molecule has 234 valence electrons. The Labute approximate surface area is 268 Å². The fraction of sp³-hybridized carbons (Fsp3) is 0.222. The summed E-state index contributed by atoms with van der Waals surface area (Å²) in [7, 11) is 0. The van der Waals surface area contributed by atoms with Crippen LogP contribution in [-0.4, -0.2) is 34.5 Å². The highest BCUT2D eigenvalue weighted by Crippen LogP contribution is 2.65. The van der Waals surface area contributed by atoms with Crippen molar-refractivity contribution in [1.82, 2.24) is 0 Å². The Morgan fingerprint density at radius 1 is 0.955 bits per heavy atom. The number of halogens is 10. The Bertz CT molecular complexity index is 1660. The van der Waals surface area contributed by atoms with E-state index in [2.05, 4.69) is 31.3 Å². The third-order valence-corrected chi connectivity index (χ3v) is 8.26. The Morgan fingerprint density at radius 2 is 1.61 bits per heavy atom. The monoisotopic (exact) mass is 745 g/mol. The fourth-order valence-electron chi connectivity index (χ4n) is 4.20. The standard InChI is InChI=1S/C27H17BrCl3F6N3O4/c1-10(44-27(35,36)37)23(41)40-22-17(33)6-7-18(21(22)34)39-24(42)13-9-12(3-4-15(13)29)38-25(43)20-19(26(20,30)31)11-2-5-16(32)14(28)8-11/h2-10,19-20H,1H3,(H,38,43)(H,39,42)(H,40,41)/t10?,19-,20+/m0/s1. The van der Waals surface area contributed by atoms with E-state index in [0.717, 1.165) is 12.1 Å². The molecule has 3 aromatic carbocycles. The van der Waals surface area contributed by atoms with E-state index in [-0.39, 0.29) is 20.7 Å². The molecule has 0 saturated heterocycles. The van der Waals surface area contributed by atoms with Gasteiger partial charge in [0.05, 0.1) is 26.7 Å². The minimum atomic E-state index is -5.19. The van der Waals surface area contributed by atoms with Gasteiger partial charge in [0.1, 0.15) is 27.8 Å². The summed E-state index contributed by atoms with van der Waals surface area (Å²) in [6, 6.07) is 9.26. The molecule has 0 heterocycles. The van der Waals surface area contributed by atoms with E-state index in [1.807, 2.05) is 0 Å². The van der Waals surface area contributed by atoms with Crippen LogP contribution in [0.5, 0.6) is 0 Å². The molecule has 1 aliphatic rings. The lowest BCUT2D eigenvalue weighted by Gasteiger charge is -2.17. The second kappa shape index (κ2) is 12.8. The zero-order chi connectivity index (χ0) is 32.7. The normalized spacial score (nSPS) is 17.9. The largest absolute Gasteiger partial charge is 0.523 e. The molecule has 17 heteroatoms. The van der Waals surface area contributed by atoms with Gasteiger partial charge in [0.25, 0.3) is 11.8 Å². The van der Waals surface area contributed by atoms with E-state index in [4.69, 9.17) is 34.8 Å². The Hall–Kier alpha value is -3.04. The number of rotatable bonds is 8. The minimum absolute atomic E-state index is 0.0609. The molecule has 3 aromatic rings. The number of nitrogens with one attached hydrogen (secondary N) is 3. The van der Waals surface area contributed by atoms with Gasteiger partial charge < -0.3 is 16.0 Å². The topological polar surface area (TPSA) is 96.5 Å². The van der Waals surface area contributed by atoms with Crippen molar-refractivity contribution in [2.75, 3.05) is 16.0 Å². The maximum atomic E-state index is 15.0. The lowest BCUT2D eigenvalue weighted by Crippen LogP contribution is -2.33.